The second-order valence-electron chi connectivity index (χ2n) is 4.99. The molecule has 0 atom stereocenters. The SMILES string of the molecule is O=C([O-])c1cc2c(-c3ccccc3)nccnc2c2cnnc12.[Na+]. The van der Waals surface area contributed by atoms with Gasteiger partial charge in [-0.2, -0.15) is 5.10 Å². The van der Waals surface area contributed by atoms with Crippen molar-refractivity contribution in [3.05, 3.63) is 60.6 Å². The summed E-state index contributed by atoms with van der Waals surface area (Å²) < 4.78 is 0. The molecule has 0 aliphatic heterocycles. The van der Waals surface area contributed by atoms with Gasteiger partial charge in [-0.15, -0.1) is 5.10 Å². The number of carboxylic acids is 1. The van der Waals surface area contributed by atoms with Gasteiger partial charge in [-0.1, -0.05) is 30.3 Å². The molecule has 0 bridgehead atoms. The van der Waals surface area contributed by atoms with E-state index in [4.69, 9.17) is 0 Å². The Morgan fingerprint density at radius 2 is 1.71 bits per heavy atom. The van der Waals surface area contributed by atoms with Crippen molar-refractivity contribution in [3.8, 4) is 11.3 Å². The van der Waals surface area contributed by atoms with Gasteiger partial charge in [0.2, 0.25) is 0 Å². The van der Waals surface area contributed by atoms with Crippen molar-refractivity contribution < 1.29 is 39.5 Å². The number of aromatic carboxylic acids is 1. The predicted molar refractivity (Wildman–Crippen MR) is 82.4 cm³/mol. The molecule has 2 aromatic carbocycles. The van der Waals surface area contributed by atoms with Crippen LogP contribution in [0.3, 0.4) is 0 Å². The first-order chi connectivity index (χ1) is 11.3. The van der Waals surface area contributed by atoms with Crippen molar-refractivity contribution in [1.29, 1.82) is 0 Å². The molecule has 0 radical (unpaired) electrons. The summed E-state index contributed by atoms with van der Waals surface area (Å²) >= 11 is 0. The fourth-order valence-electron chi connectivity index (χ4n) is 2.64. The minimum absolute atomic E-state index is 0. The van der Waals surface area contributed by atoms with Crippen molar-refractivity contribution in [2.45, 2.75) is 0 Å². The van der Waals surface area contributed by atoms with Crippen molar-refractivity contribution in [3.63, 3.8) is 0 Å². The van der Waals surface area contributed by atoms with E-state index in [0.717, 1.165) is 5.56 Å². The van der Waals surface area contributed by atoms with Crippen LogP contribution in [0.2, 0.25) is 0 Å². The zero-order chi connectivity index (χ0) is 15.8. The molecular formula is C17H9N4NaO2. The third kappa shape index (κ3) is 2.65. The van der Waals surface area contributed by atoms with E-state index in [0.29, 0.717) is 22.0 Å². The molecule has 6 nitrogen and oxygen atoms in total. The molecule has 7 heteroatoms. The maximum absolute atomic E-state index is 11.5. The summed E-state index contributed by atoms with van der Waals surface area (Å²) in [7, 11) is 0. The summed E-state index contributed by atoms with van der Waals surface area (Å²) in [4.78, 5) is 20.3. The molecule has 2 heterocycles. The van der Waals surface area contributed by atoms with Crippen LogP contribution in [0.15, 0.2) is 55.0 Å². The quantitative estimate of drug-likeness (QED) is 0.422. The Balaban J connectivity index is 0.00000169. The third-order valence-electron chi connectivity index (χ3n) is 3.65. The van der Waals surface area contributed by atoms with Crippen LogP contribution >= 0.6 is 0 Å². The number of nitrogens with zero attached hydrogens (tertiary/aromatic N) is 4. The van der Waals surface area contributed by atoms with E-state index in [2.05, 4.69) is 20.2 Å². The Hall–Kier alpha value is -2.41. The average molecular weight is 324 g/mol. The molecule has 4 rings (SSSR count). The second kappa shape index (κ2) is 6.60. The molecule has 2 aromatic heterocycles. The van der Waals surface area contributed by atoms with Crippen LogP contribution in [0, 0.1) is 0 Å². The number of hydrogen-bond donors (Lipinski definition) is 0. The number of carbonyl (C=O) groups excluding carboxylic acids is 1. The molecule has 4 aromatic rings. The number of benzene rings is 2. The Morgan fingerprint density at radius 1 is 0.958 bits per heavy atom. The molecule has 0 saturated heterocycles. The van der Waals surface area contributed by atoms with Crippen LogP contribution in [0.5, 0.6) is 0 Å². The Labute approximate surface area is 158 Å². The Bertz CT molecular complexity index is 1050. The van der Waals surface area contributed by atoms with Gasteiger partial charge < -0.3 is 9.90 Å². The molecule has 0 aliphatic rings. The summed E-state index contributed by atoms with van der Waals surface area (Å²) in [6.45, 7) is 0. The van der Waals surface area contributed by atoms with E-state index in [-0.39, 0.29) is 40.6 Å². The van der Waals surface area contributed by atoms with E-state index in [9.17, 15) is 9.90 Å². The summed E-state index contributed by atoms with van der Waals surface area (Å²) in [5.74, 6) is -1.30. The standard InChI is InChI=1S/C17H10N4O2.Na/c22-17(23)12-8-11-14(10-4-2-1-3-5-10)18-6-7-19-15(11)13-9-20-21-16(12)13;/h1-9H,(H,22,23);/q;+1/p-1. The summed E-state index contributed by atoms with van der Waals surface area (Å²) in [5.41, 5.74) is 2.37. The van der Waals surface area contributed by atoms with Gasteiger partial charge in [0.25, 0.3) is 0 Å². The predicted octanol–water partition coefficient (Wildman–Crippen LogP) is -1.39. The minimum Gasteiger partial charge on any atom is -0.545 e. The number of aromatic nitrogens is 4. The van der Waals surface area contributed by atoms with Gasteiger partial charge in [-0.05, 0) is 6.07 Å². The third-order valence-corrected chi connectivity index (χ3v) is 3.65. The molecule has 0 unspecified atom stereocenters. The van der Waals surface area contributed by atoms with E-state index in [1.54, 1.807) is 12.4 Å². The van der Waals surface area contributed by atoms with E-state index < -0.39 is 5.97 Å². The van der Waals surface area contributed by atoms with E-state index in [1.807, 2.05) is 30.3 Å². The molecule has 0 saturated carbocycles. The van der Waals surface area contributed by atoms with Crippen LogP contribution in [0.1, 0.15) is 10.4 Å². The topological polar surface area (TPSA) is 91.7 Å². The Kier molecular flexibility index (Phi) is 4.53. The first kappa shape index (κ1) is 16.4. The fourth-order valence-corrected chi connectivity index (χ4v) is 2.64. The van der Waals surface area contributed by atoms with Gasteiger partial charge in [0, 0.05) is 34.3 Å². The molecule has 110 valence electrons. The van der Waals surface area contributed by atoms with Crippen LogP contribution in [-0.4, -0.2) is 26.1 Å². The molecule has 24 heavy (non-hydrogen) atoms. The summed E-state index contributed by atoms with van der Waals surface area (Å²) in [6, 6.07) is 11.0. The van der Waals surface area contributed by atoms with Gasteiger partial charge in [-0.3, -0.25) is 9.97 Å². The normalized spacial score (nSPS) is 10.5. The summed E-state index contributed by atoms with van der Waals surface area (Å²) in [6.07, 6.45) is 4.66. The van der Waals surface area contributed by atoms with Crippen molar-refractivity contribution in [1.82, 2.24) is 20.2 Å². The largest absolute Gasteiger partial charge is 1.00 e. The molecule has 0 N–H and O–H groups in total. The minimum atomic E-state index is -1.30. The van der Waals surface area contributed by atoms with Gasteiger partial charge in [-0.25, -0.2) is 0 Å². The van der Waals surface area contributed by atoms with Crippen LogP contribution in [-0.2, 0) is 0 Å². The second-order valence-corrected chi connectivity index (χ2v) is 4.99. The Morgan fingerprint density at radius 3 is 2.46 bits per heavy atom. The number of hydrogen-bond acceptors (Lipinski definition) is 6. The molecule has 0 aliphatic carbocycles. The molecular weight excluding hydrogens is 315 g/mol. The van der Waals surface area contributed by atoms with Crippen molar-refractivity contribution in [2.24, 2.45) is 0 Å². The number of carboxylic acid groups (broad SMARTS) is 1. The summed E-state index contributed by atoms with van der Waals surface area (Å²) in [5, 5.41) is 20.3. The molecule has 0 amide bonds. The van der Waals surface area contributed by atoms with Gasteiger partial charge in [0.15, 0.2) is 0 Å². The monoisotopic (exact) mass is 324 g/mol. The van der Waals surface area contributed by atoms with Gasteiger partial charge in [0.05, 0.1) is 23.4 Å². The van der Waals surface area contributed by atoms with Crippen LogP contribution < -0.4 is 34.7 Å². The maximum Gasteiger partial charge on any atom is 1.00 e. The smallest absolute Gasteiger partial charge is 0.545 e. The molecule has 0 spiro atoms. The van der Waals surface area contributed by atoms with Crippen LogP contribution in [0.4, 0.5) is 0 Å². The van der Waals surface area contributed by atoms with E-state index >= 15 is 0 Å². The number of fused-ring (bicyclic) bond motifs is 3. The fraction of sp³-hybridized carbons (Fsp3) is 0. The van der Waals surface area contributed by atoms with Gasteiger partial charge >= 0.3 is 29.6 Å². The average Bonchev–Trinajstić information content (AvgIpc) is 2.95. The number of rotatable bonds is 2. The van der Waals surface area contributed by atoms with Crippen LogP contribution in [0.25, 0.3) is 33.1 Å². The van der Waals surface area contributed by atoms with Gasteiger partial charge in [0.1, 0.15) is 5.52 Å². The number of carbonyl (C=O) groups is 1. The van der Waals surface area contributed by atoms with Crippen molar-refractivity contribution in [2.75, 3.05) is 0 Å². The first-order valence-corrected chi connectivity index (χ1v) is 6.91. The maximum atomic E-state index is 11.5. The zero-order valence-electron chi connectivity index (χ0n) is 12.8. The first-order valence-electron chi connectivity index (χ1n) is 6.91. The van der Waals surface area contributed by atoms with E-state index in [1.165, 1.54) is 12.3 Å². The zero-order valence-corrected chi connectivity index (χ0v) is 14.8. The molecule has 0 fully saturated rings. The van der Waals surface area contributed by atoms with Crippen molar-refractivity contribution >= 4 is 27.8 Å².